The van der Waals surface area contributed by atoms with Crippen LogP contribution in [-0.4, -0.2) is 30.5 Å². The average molecular weight is 300 g/mol. The molecule has 0 spiro atoms. The van der Waals surface area contributed by atoms with Gasteiger partial charge in [-0.25, -0.2) is 9.78 Å². The van der Waals surface area contributed by atoms with Crippen LogP contribution in [0.1, 0.15) is 15.4 Å². The molecule has 8 nitrogen and oxygen atoms in total. The van der Waals surface area contributed by atoms with Gasteiger partial charge in [0.15, 0.2) is 9.37 Å². The van der Waals surface area contributed by atoms with Gasteiger partial charge in [0, 0.05) is 7.05 Å². The van der Waals surface area contributed by atoms with Gasteiger partial charge in [0.1, 0.15) is 4.88 Å². The van der Waals surface area contributed by atoms with Crippen LogP contribution in [0.5, 0.6) is 0 Å². The van der Waals surface area contributed by atoms with E-state index in [0.29, 0.717) is 15.1 Å². The van der Waals surface area contributed by atoms with Gasteiger partial charge in [-0.1, -0.05) is 11.3 Å². The maximum atomic E-state index is 10.9. The Balaban J connectivity index is 2.36. The topological polar surface area (TPSA) is 111 Å². The Morgan fingerprint density at radius 2 is 2.32 bits per heavy atom. The number of carbonyl (C=O) groups is 1. The van der Waals surface area contributed by atoms with Crippen molar-refractivity contribution in [2.75, 3.05) is 0 Å². The number of aromatic nitrogens is 3. The number of nitro groups is 1. The van der Waals surface area contributed by atoms with Crippen LogP contribution in [0.3, 0.4) is 0 Å². The van der Waals surface area contributed by atoms with Gasteiger partial charge >= 0.3 is 11.8 Å². The molecule has 0 fully saturated rings. The zero-order chi connectivity index (χ0) is 14.2. The van der Waals surface area contributed by atoms with Crippen molar-refractivity contribution >= 4 is 34.9 Å². The number of carboxylic acids is 1. The van der Waals surface area contributed by atoms with Crippen LogP contribution in [0.25, 0.3) is 0 Å². The normalized spacial score (nSPS) is 10.6. The minimum atomic E-state index is -1.05. The maximum Gasteiger partial charge on any atom is 0.396 e. The van der Waals surface area contributed by atoms with Gasteiger partial charge in [0.2, 0.25) is 6.33 Å². The molecule has 2 heterocycles. The molecule has 10 heteroatoms. The minimum Gasteiger partial charge on any atom is -0.477 e. The number of rotatable bonds is 4. The van der Waals surface area contributed by atoms with Crippen LogP contribution in [0.4, 0.5) is 5.82 Å². The number of hydrogen-bond acceptors (Lipinski definition) is 7. The standard InChI is InChI=1S/C9H8N4O4S2/c1-4-5(8(14)15)18-9(11-4)19-7-6(13(16)17)10-3-12(7)2/h3H,1-2H3,(H,14,15). The van der Waals surface area contributed by atoms with E-state index in [1.54, 1.807) is 14.0 Å². The highest BCUT2D eigenvalue weighted by Crippen LogP contribution is 2.36. The van der Waals surface area contributed by atoms with Crippen LogP contribution in [0.15, 0.2) is 15.7 Å². The third-order valence-electron chi connectivity index (χ3n) is 2.19. The molecule has 0 unspecified atom stereocenters. The smallest absolute Gasteiger partial charge is 0.396 e. The number of hydrogen-bond donors (Lipinski definition) is 1. The third kappa shape index (κ3) is 2.58. The Morgan fingerprint density at radius 3 is 2.84 bits per heavy atom. The summed E-state index contributed by atoms with van der Waals surface area (Å²) in [6.45, 7) is 1.58. The highest BCUT2D eigenvalue weighted by Gasteiger charge is 2.23. The maximum absolute atomic E-state index is 10.9. The van der Waals surface area contributed by atoms with Crippen LogP contribution in [0.2, 0.25) is 0 Å². The van der Waals surface area contributed by atoms with Crippen LogP contribution >= 0.6 is 23.1 Å². The van der Waals surface area contributed by atoms with E-state index < -0.39 is 10.9 Å². The predicted molar refractivity (Wildman–Crippen MR) is 67.8 cm³/mol. The summed E-state index contributed by atoms with van der Waals surface area (Å²) in [5.41, 5.74) is 0.393. The van der Waals surface area contributed by atoms with E-state index >= 15 is 0 Å². The molecule has 0 radical (unpaired) electrons. The SMILES string of the molecule is Cc1nc(Sc2c([N+](=O)[O-])ncn2C)sc1C(=O)O. The highest BCUT2D eigenvalue weighted by molar-refractivity contribution is 8.01. The Hall–Kier alpha value is -1.94. The molecule has 0 saturated carbocycles. The van der Waals surface area contributed by atoms with E-state index in [2.05, 4.69) is 9.97 Å². The molecule has 2 aromatic rings. The average Bonchev–Trinajstić information content (AvgIpc) is 2.84. The van der Waals surface area contributed by atoms with Crippen molar-refractivity contribution < 1.29 is 14.8 Å². The minimum absolute atomic E-state index is 0.132. The summed E-state index contributed by atoms with van der Waals surface area (Å²) in [4.78, 5) is 29.0. The van der Waals surface area contributed by atoms with Gasteiger partial charge in [-0.2, -0.15) is 0 Å². The molecule has 2 aromatic heterocycles. The first-order valence-electron chi connectivity index (χ1n) is 4.94. The summed E-state index contributed by atoms with van der Waals surface area (Å²) in [6, 6.07) is 0. The first kappa shape index (κ1) is 13.5. The molecule has 2 rings (SSSR count). The number of aromatic carboxylic acids is 1. The summed E-state index contributed by atoms with van der Waals surface area (Å²) < 4.78 is 1.93. The van der Waals surface area contributed by atoms with Crippen molar-refractivity contribution in [3.8, 4) is 0 Å². The second-order valence-electron chi connectivity index (χ2n) is 3.54. The summed E-state index contributed by atoms with van der Waals surface area (Å²) in [5.74, 6) is -1.32. The van der Waals surface area contributed by atoms with Crippen LogP contribution < -0.4 is 0 Å². The lowest BCUT2D eigenvalue weighted by molar-refractivity contribution is -0.392. The number of thiazole rings is 1. The third-order valence-corrected chi connectivity index (χ3v) is 4.56. The molecule has 0 atom stereocenters. The fourth-order valence-corrected chi connectivity index (χ4v) is 3.39. The van der Waals surface area contributed by atoms with E-state index in [4.69, 9.17) is 5.11 Å². The lowest BCUT2D eigenvalue weighted by Crippen LogP contribution is -1.94. The van der Waals surface area contributed by atoms with Gasteiger partial charge in [0.05, 0.1) is 5.69 Å². The lowest BCUT2D eigenvalue weighted by atomic mass is 10.4. The first-order valence-corrected chi connectivity index (χ1v) is 6.57. The van der Waals surface area contributed by atoms with E-state index in [9.17, 15) is 14.9 Å². The highest BCUT2D eigenvalue weighted by atomic mass is 32.2. The second kappa shape index (κ2) is 4.97. The molecule has 19 heavy (non-hydrogen) atoms. The number of imidazole rings is 1. The summed E-state index contributed by atoms with van der Waals surface area (Å²) in [7, 11) is 1.63. The zero-order valence-corrected chi connectivity index (χ0v) is 11.5. The fraction of sp³-hybridized carbons (Fsp3) is 0.222. The first-order chi connectivity index (χ1) is 8.90. The Labute approximate surface area is 115 Å². The van der Waals surface area contributed by atoms with Crippen molar-refractivity contribution in [3.63, 3.8) is 0 Å². The van der Waals surface area contributed by atoms with Gasteiger partial charge in [-0.15, -0.1) is 0 Å². The molecule has 1 N–H and O–H groups in total. The van der Waals surface area contributed by atoms with E-state index in [0.717, 1.165) is 23.1 Å². The fourth-order valence-electron chi connectivity index (χ4n) is 1.35. The summed E-state index contributed by atoms with van der Waals surface area (Å²) in [6.07, 6.45) is 1.33. The number of carboxylic acid groups (broad SMARTS) is 1. The van der Waals surface area contributed by atoms with Gasteiger partial charge in [0.25, 0.3) is 0 Å². The Kier molecular flexibility index (Phi) is 3.53. The lowest BCUT2D eigenvalue weighted by Gasteiger charge is -1.97. The molecule has 100 valence electrons. The Morgan fingerprint density at radius 1 is 1.63 bits per heavy atom. The van der Waals surface area contributed by atoms with Crippen molar-refractivity contribution in [1.82, 2.24) is 14.5 Å². The molecule has 0 bridgehead atoms. The van der Waals surface area contributed by atoms with Gasteiger partial charge in [-0.3, -0.25) is 0 Å². The van der Waals surface area contributed by atoms with E-state index in [-0.39, 0.29) is 10.7 Å². The Bertz CT molecular complexity index is 663. The zero-order valence-electron chi connectivity index (χ0n) is 9.85. The number of nitrogens with zero attached hydrogens (tertiary/aromatic N) is 4. The molecule has 0 saturated heterocycles. The van der Waals surface area contributed by atoms with Crippen molar-refractivity contribution in [2.45, 2.75) is 16.3 Å². The van der Waals surface area contributed by atoms with Crippen LogP contribution in [-0.2, 0) is 7.05 Å². The molecule has 0 aromatic carbocycles. The molecule has 0 aliphatic carbocycles. The molecule has 0 amide bonds. The monoisotopic (exact) mass is 300 g/mol. The largest absolute Gasteiger partial charge is 0.477 e. The molecule has 0 aliphatic rings. The summed E-state index contributed by atoms with van der Waals surface area (Å²) >= 11 is 2.01. The summed E-state index contributed by atoms with van der Waals surface area (Å²) in [5, 5.41) is 20.1. The van der Waals surface area contributed by atoms with E-state index in [1.807, 2.05) is 0 Å². The quantitative estimate of drug-likeness (QED) is 0.678. The number of aryl methyl sites for hydroxylation is 2. The van der Waals surface area contributed by atoms with Crippen molar-refractivity contribution in [3.05, 3.63) is 27.0 Å². The van der Waals surface area contributed by atoms with Gasteiger partial charge < -0.3 is 19.8 Å². The molecular formula is C9H8N4O4S2. The predicted octanol–water partition coefficient (Wildman–Crippen LogP) is 1.94. The van der Waals surface area contributed by atoms with Crippen molar-refractivity contribution in [2.24, 2.45) is 7.05 Å². The van der Waals surface area contributed by atoms with E-state index in [1.165, 1.54) is 10.9 Å². The second-order valence-corrected chi connectivity index (χ2v) is 5.78. The molecular weight excluding hydrogens is 292 g/mol. The van der Waals surface area contributed by atoms with Crippen molar-refractivity contribution in [1.29, 1.82) is 0 Å². The molecule has 0 aliphatic heterocycles. The van der Waals surface area contributed by atoms with Crippen LogP contribution in [0, 0.1) is 17.0 Å². The van der Waals surface area contributed by atoms with Gasteiger partial charge in [-0.05, 0) is 28.6 Å².